The van der Waals surface area contributed by atoms with E-state index in [2.05, 4.69) is 31.5 Å². The Labute approximate surface area is 181 Å². The molecule has 8 heteroatoms. The SMILES string of the molecule is Cc1c(Nc2ccc(Br)cc2F)c(C(=O)NCc2ccccn2)c2n(c1=O)CCC2. The molecule has 1 amide bonds. The van der Waals surface area contributed by atoms with E-state index in [0.29, 0.717) is 39.9 Å². The van der Waals surface area contributed by atoms with E-state index in [9.17, 15) is 14.0 Å². The number of fused-ring (bicyclic) bond motifs is 1. The van der Waals surface area contributed by atoms with Crippen LogP contribution in [0, 0.1) is 12.7 Å². The second-order valence-corrected chi connectivity index (χ2v) is 8.05. The number of pyridine rings is 2. The Kier molecular flexibility index (Phi) is 5.67. The summed E-state index contributed by atoms with van der Waals surface area (Å²) in [6, 6.07) is 10.1. The summed E-state index contributed by atoms with van der Waals surface area (Å²) in [5.74, 6) is -0.807. The van der Waals surface area contributed by atoms with Gasteiger partial charge in [-0.3, -0.25) is 14.6 Å². The van der Waals surface area contributed by atoms with Gasteiger partial charge in [0.05, 0.1) is 29.2 Å². The van der Waals surface area contributed by atoms with Crippen LogP contribution in [0.25, 0.3) is 0 Å². The van der Waals surface area contributed by atoms with Gasteiger partial charge in [-0.25, -0.2) is 4.39 Å². The first-order chi connectivity index (χ1) is 14.5. The zero-order chi connectivity index (χ0) is 21.3. The van der Waals surface area contributed by atoms with Gasteiger partial charge in [-0.1, -0.05) is 22.0 Å². The van der Waals surface area contributed by atoms with Crippen LogP contribution in [0.4, 0.5) is 15.8 Å². The summed E-state index contributed by atoms with van der Waals surface area (Å²) in [7, 11) is 0. The van der Waals surface area contributed by atoms with Crippen LogP contribution in [0.3, 0.4) is 0 Å². The second-order valence-electron chi connectivity index (χ2n) is 7.13. The summed E-state index contributed by atoms with van der Waals surface area (Å²) in [6.45, 7) is 2.48. The number of benzene rings is 1. The van der Waals surface area contributed by atoms with E-state index >= 15 is 0 Å². The normalized spacial score (nSPS) is 12.5. The van der Waals surface area contributed by atoms with Crippen LogP contribution >= 0.6 is 15.9 Å². The first-order valence-electron chi connectivity index (χ1n) is 9.62. The Bertz CT molecular complexity index is 1180. The molecular weight excluding hydrogens is 451 g/mol. The van der Waals surface area contributed by atoms with Gasteiger partial charge < -0.3 is 15.2 Å². The Balaban J connectivity index is 1.76. The molecule has 3 aromatic rings. The van der Waals surface area contributed by atoms with E-state index in [0.717, 1.165) is 12.1 Å². The number of nitrogens with zero attached hydrogens (tertiary/aromatic N) is 2. The van der Waals surface area contributed by atoms with Gasteiger partial charge in [0.25, 0.3) is 11.5 Å². The average molecular weight is 471 g/mol. The number of aromatic nitrogens is 2. The molecule has 1 aromatic carbocycles. The van der Waals surface area contributed by atoms with Crippen molar-refractivity contribution in [1.29, 1.82) is 0 Å². The summed E-state index contributed by atoms with van der Waals surface area (Å²) in [4.78, 5) is 30.3. The lowest BCUT2D eigenvalue weighted by Gasteiger charge is -2.19. The molecule has 0 radical (unpaired) electrons. The lowest BCUT2D eigenvalue weighted by Crippen LogP contribution is -2.31. The molecule has 0 bridgehead atoms. The monoisotopic (exact) mass is 470 g/mol. The van der Waals surface area contributed by atoms with Crippen molar-refractivity contribution in [1.82, 2.24) is 14.9 Å². The molecule has 0 aliphatic carbocycles. The molecule has 0 saturated heterocycles. The highest BCUT2D eigenvalue weighted by Gasteiger charge is 2.27. The topological polar surface area (TPSA) is 76.0 Å². The van der Waals surface area contributed by atoms with E-state index in [4.69, 9.17) is 0 Å². The van der Waals surface area contributed by atoms with Crippen molar-refractivity contribution < 1.29 is 9.18 Å². The van der Waals surface area contributed by atoms with Crippen LogP contribution in [0.2, 0.25) is 0 Å². The lowest BCUT2D eigenvalue weighted by atomic mass is 10.0. The maximum absolute atomic E-state index is 14.5. The summed E-state index contributed by atoms with van der Waals surface area (Å²) in [6.07, 6.45) is 3.05. The minimum Gasteiger partial charge on any atom is -0.352 e. The first kappa shape index (κ1) is 20.3. The highest BCUT2D eigenvalue weighted by Crippen LogP contribution is 2.31. The fourth-order valence-electron chi connectivity index (χ4n) is 3.69. The summed E-state index contributed by atoms with van der Waals surface area (Å²) >= 11 is 3.24. The van der Waals surface area contributed by atoms with Crippen LogP contribution in [0.15, 0.2) is 51.9 Å². The standard InChI is InChI=1S/C22H20BrFN4O2/c1-13-20(27-17-8-7-14(23)11-16(17)24)19(18-6-4-10-28(18)22(13)30)21(29)26-12-15-5-2-3-9-25-15/h2-3,5,7-9,11,27H,4,6,10,12H2,1H3,(H,26,29). The number of anilines is 2. The molecule has 30 heavy (non-hydrogen) atoms. The Morgan fingerprint density at radius 1 is 1.30 bits per heavy atom. The molecule has 0 saturated carbocycles. The number of carbonyl (C=O) groups is 1. The highest BCUT2D eigenvalue weighted by molar-refractivity contribution is 9.10. The molecule has 2 aromatic heterocycles. The van der Waals surface area contributed by atoms with Crippen LogP contribution in [0.1, 0.15) is 33.7 Å². The lowest BCUT2D eigenvalue weighted by molar-refractivity contribution is 0.0949. The zero-order valence-electron chi connectivity index (χ0n) is 16.3. The van der Waals surface area contributed by atoms with Crippen molar-refractivity contribution >= 4 is 33.2 Å². The smallest absolute Gasteiger partial charge is 0.255 e. The summed E-state index contributed by atoms with van der Waals surface area (Å²) in [5, 5.41) is 5.88. The first-order valence-corrected chi connectivity index (χ1v) is 10.4. The van der Waals surface area contributed by atoms with Crippen LogP contribution < -0.4 is 16.2 Å². The second kappa shape index (κ2) is 8.39. The third-order valence-corrected chi connectivity index (χ3v) is 5.67. The summed E-state index contributed by atoms with van der Waals surface area (Å²) in [5.41, 5.74) is 2.53. The minimum atomic E-state index is -0.482. The van der Waals surface area contributed by atoms with Crippen molar-refractivity contribution in [3.8, 4) is 0 Å². The molecule has 0 fully saturated rings. The van der Waals surface area contributed by atoms with Gasteiger partial charge in [-0.2, -0.15) is 0 Å². The van der Waals surface area contributed by atoms with E-state index < -0.39 is 5.82 Å². The largest absolute Gasteiger partial charge is 0.352 e. The zero-order valence-corrected chi connectivity index (χ0v) is 17.9. The molecular formula is C22H20BrFN4O2. The van der Waals surface area contributed by atoms with Crippen molar-refractivity contribution in [3.05, 3.63) is 85.8 Å². The quantitative estimate of drug-likeness (QED) is 0.589. The van der Waals surface area contributed by atoms with Gasteiger partial charge >= 0.3 is 0 Å². The predicted octanol–water partition coefficient (Wildman–Crippen LogP) is 4.07. The van der Waals surface area contributed by atoms with Gasteiger partial charge in [0, 0.05) is 28.5 Å². The molecule has 1 aliphatic heterocycles. The Morgan fingerprint density at radius 2 is 2.13 bits per heavy atom. The van der Waals surface area contributed by atoms with Gasteiger partial charge in [0.1, 0.15) is 5.82 Å². The predicted molar refractivity (Wildman–Crippen MR) is 117 cm³/mol. The van der Waals surface area contributed by atoms with Crippen molar-refractivity contribution in [3.63, 3.8) is 0 Å². The average Bonchev–Trinajstić information content (AvgIpc) is 3.22. The fraction of sp³-hybridized carbons (Fsp3) is 0.227. The number of hydrogen-bond donors (Lipinski definition) is 2. The van der Waals surface area contributed by atoms with Crippen molar-refractivity contribution in [2.75, 3.05) is 5.32 Å². The number of rotatable bonds is 5. The molecule has 6 nitrogen and oxygen atoms in total. The maximum atomic E-state index is 14.5. The third-order valence-electron chi connectivity index (χ3n) is 5.17. The Morgan fingerprint density at radius 3 is 2.87 bits per heavy atom. The highest BCUT2D eigenvalue weighted by atomic mass is 79.9. The number of nitrogens with one attached hydrogen (secondary N) is 2. The molecule has 3 heterocycles. The van der Waals surface area contributed by atoms with E-state index in [-0.39, 0.29) is 23.7 Å². The van der Waals surface area contributed by atoms with Gasteiger partial charge in [-0.05, 0) is 50.1 Å². The third kappa shape index (κ3) is 3.87. The molecule has 2 N–H and O–H groups in total. The van der Waals surface area contributed by atoms with Crippen LogP contribution in [0.5, 0.6) is 0 Å². The number of hydrogen-bond acceptors (Lipinski definition) is 4. The number of carbonyl (C=O) groups excluding carboxylic acids is 1. The van der Waals surface area contributed by atoms with Gasteiger partial charge in [-0.15, -0.1) is 0 Å². The molecule has 0 atom stereocenters. The van der Waals surface area contributed by atoms with Gasteiger partial charge in [0.2, 0.25) is 0 Å². The molecule has 4 rings (SSSR count). The van der Waals surface area contributed by atoms with E-state index in [1.165, 1.54) is 6.07 Å². The van der Waals surface area contributed by atoms with Crippen LogP contribution in [-0.2, 0) is 19.5 Å². The number of halogens is 2. The fourth-order valence-corrected chi connectivity index (χ4v) is 4.02. The Hall–Kier alpha value is -3.00. The van der Waals surface area contributed by atoms with E-state index in [1.54, 1.807) is 35.9 Å². The van der Waals surface area contributed by atoms with E-state index in [1.807, 2.05) is 12.1 Å². The van der Waals surface area contributed by atoms with Crippen molar-refractivity contribution in [2.24, 2.45) is 0 Å². The van der Waals surface area contributed by atoms with Crippen LogP contribution in [-0.4, -0.2) is 15.5 Å². The number of amides is 1. The molecule has 154 valence electrons. The minimum absolute atomic E-state index is 0.163. The summed E-state index contributed by atoms with van der Waals surface area (Å²) < 4.78 is 16.7. The molecule has 0 unspecified atom stereocenters. The van der Waals surface area contributed by atoms with Gasteiger partial charge in [0.15, 0.2) is 0 Å². The molecule has 1 aliphatic rings. The van der Waals surface area contributed by atoms with Crippen molar-refractivity contribution in [2.45, 2.75) is 32.9 Å². The maximum Gasteiger partial charge on any atom is 0.255 e. The molecule has 0 spiro atoms.